The lowest BCUT2D eigenvalue weighted by molar-refractivity contribution is -0.144. The SMILES string of the molecule is Cl.O=C(CNc1ccccc1)N1CCN(C2CC2)C(=O)C1. The molecule has 2 amide bonds. The largest absolute Gasteiger partial charge is 0.376 e. The van der Waals surface area contributed by atoms with Gasteiger partial charge in [-0.3, -0.25) is 9.59 Å². The standard InChI is InChI=1S/C15H19N3O2.ClH/c19-14(10-16-12-4-2-1-3-5-12)17-8-9-18(13-6-7-13)15(20)11-17;/h1-5,13,16H,6-11H2;1H. The maximum atomic E-state index is 12.1. The number of para-hydroxylation sites is 1. The summed E-state index contributed by atoms with van der Waals surface area (Å²) in [5, 5.41) is 3.09. The second-order valence-corrected chi connectivity index (χ2v) is 5.35. The molecule has 0 aromatic heterocycles. The highest BCUT2D eigenvalue weighted by molar-refractivity contribution is 5.88. The molecule has 0 spiro atoms. The van der Waals surface area contributed by atoms with Gasteiger partial charge in [-0.1, -0.05) is 18.2 Å². The minimum atomic E-state index is -0.0161. The molecule has 21 heavy (non-hydrogen) atoms. The fraction of sp³-hybridized carbons (Fsp3) is 0.467. The molecule has 0 unspecified atom stereocenters. The van der Waals surface area contributed by atoms with Crippen molar-refractivity contribution in [1.29, 1.82) is 0 Å². The maximum absolute atomic E-state index is 12.1. The van der Waals surface area contributed by atoms with Crippen molar-refractivity contribution in [2.24, 2.45) is 0 Å². The van der Waals surface area contributed by atoms with E-state index in [-0.39, 0.29) is 37.3 Å². The van der Waals surface area contributed by atoms with Crippen LogP contribution in [0.5, 0.6) is 0 Å². The lowest BCUT2D eigenvalue weighted by Crippen LogP contribution is -2.53. The monoisotopic (exact) mass is 309 g/mol. The van der Waals surface area contributed by atoms with Gasteiger partial charge in [0.15, 0.2) is 0 Å². The van der Waals surface area contributed by atoms with Crippen molar-refractivity contribution in [2.45, 2.75) is 18.9 Å². The number of carbonyl (C=O) groups is 2. The molecule has 2 aliphatic rings. The van der Waals surface area contributed by atoms with Crippen molar-refractivity contribution in [3.63, 3.8) is 0 Å². The Balaban J connectivity index is 0.00000161. The fourth-order valence-corrected chi connectivity index (χ4v) is 2.52. The first-order valence-corrected chi connectivity index (χ1v) is 7.10. The summed E-state index contributed by atoms with van der Waals surface area (Å²) in [5.74, 6) is 0.0736. The Morgan fingerprint density at radius 2 is 1.90 bits per heavy atom. The number of anilines is 1. The summed E-state index contributed by atoms with van der Waals surface area (Å²) in [4.78, 5) is 27.7. The van der Waals surface area contributed by atoms with Gasteiger partial charge in [-0.2, -0.15) is 0 Å². The molecule has 0 bridgehead atoms. The van der Waals surface area contributed by atoms with Crippen LogP contribution < -0.4 is 5.32 Å². The summed E-state index contributed by atoms with van der Waals surface area (Å²) in [6.45, 7) is 1.80. The van der Waals surface area contributed by atoms with Gasteiger partial charge in [0.1, 0.15) is 0 Å². The van der Waals surface area contributed by atoms with Crippen molar-refractivity contribution in [3.8, 4) is 0 Å². The Morgan fingerprint density at radius 3 is 2.52 bits per heavy atom. The van der Waals surface area contributed by atoms with Gasteiger partial charge in [0.25, 0.3) is 0 Å². The third kappa shape index (κ3) is 3.88. The Kier molecular flexibility index (Phi) is 5.07. The van der Waals surface area contributed by atoms with Gasteiger partial charge in [0, 0.05) is 24.8 Å². The number of carbonyl (C=O) groups excluding carboxylic acids is 2. The number of nitrogens with zero attached hydrogens (tertiary/aromatic N) is 2. The predicted octanol–water partition coefficient (Wildman–Crippen LogP) is 1.35. The molecular weight excluding hydrogens is 290 g/mol. The van der Waals surface area contributed by atoms with E-state index in [0.29, 0.717) is 19.1 Å². The van der Waals surface area contributed by atoms with Gasteiger partial charge in [-0.05, 0) is 25.0 Å². The molecule has 2 fully saturated rings. The van der Waals surface area contributed by atoms with E-state index in [1.54, 1.807) is 4.90 Å². The highest BCUT2D eigenvalue weighted by atomic mass is 35.5. The van der Waals surface area contributed by atoms with E-state index >= 15 is 0 Å². The molecule has 5 nitrogen and oxygen atoms in total. The first kappa shape index (κ1) is 15.6. The summed E-state index contributed by atoms with van der Waals surface area (Å²) in [7, 11) is 0. The lowest BCUT2D eigenvalue weighted by atomic mass is 10.2. The van der Waals surface area contributed by atoms with Crippen LogP contribution >= 0.6 is 12.4 Å². The van der Waals surface area contributed by atoms with Gasteiger partial charge >= 0.3 is 0 Å². The van der Waals surface area contributed by atoms with Crippen molar-refractivity contribution in [2.75, 3.05) is 31.5 Å². The first-order chi connectivity index (χ1) is 9.74. The van der Waals surface area contributed by atoms with E-state index in [0.717, 1.165) is 18.5 Å². The van der Waals surface area contributed by atoms with E-state index in [4.69, 9.17) is 0 Å². The minimum absolute atomic E-state index is 0. The van der Waals surface area contributed by atoms with Crippen LogP contribution in [-0.2, 0) is 9.59 Å². The second kappa shape index (κ2) is 6.80. The Morgan fingerprint density at radius 1 is 1.19 bits per heavy atom. The summed E-state index contributed by atoms with van der Waals surface area (Å²) in [6, 6.07) is 10.1. The molecule has 0 radical (unpaired) electrons. The zero-order valence-corrected chi connectivity index (χ0v) is 12.6. The summed E-state index contributed by atoms with van der Waals surface area (Å²) in [6.07, 6.45) is 2.24. The Bertz CT molecular complexity index is 505. The van der Waals surface area contributed by atoms with Crippen molar-refractivity contribution in [1.82, 2.24) is 9.80 Å². The summed E-state index contributed by atoms with van der Waals surface area (Å²) in [5.41, 5.74) is 0.920. The van der Waals surface area contributed by atoms with Crippen molar-refractivity contribution in [3.05, 3.63) is 30.3 Å². The van der Waals surface area contributed by atoms with Crippen LogP contribution in [0, 0.1) is 0 Å². The molecule has 114 valence electrons. The fourth-order valence-electron chi connectivity index (χ4n) is 2.52. The van der Waals surface area contributed by atoms with Crippen molar-refractivity contribution >= 4 is 29.9 Å². The highest BCUT2D eigenvalue weighted by Crippen LogP contribution is 2.27. The zero-order chi connectivity index (χ0) is 13.9. The molecular formula is C15H20ClN3O2. The smallest absolute Gasteiger partial charge is 0.242 e. The molecule has 3 rings (SSSR count). The van der Waals surface area contributed by atoms with Crippen LogP contribution in [0.15, 0.2) is 30.3 Å². The number of benzene rings is 1. The number of amides is 2. The second-order valence-electron chi connectivity index (χ2n) is 5.35. The van der Waals surface area contributed by atoms with Crippen LogP contribution in [0.25, 0.3) is 0 Å². The van der Waals surface area contributed by atoms with Gasteiger partial charge < -0.3 is 15.1 Å². The molecule has 1 heterocycles. The van der Waals surface area contributed by atoms with Gasteiger partial charge in [0.2, 0.25) is 11.8 Å². The van der Waals surface area contributed by atoms with Gasteiger partial charge in [0.05, 0.1) is 13.1 Å². The molecule has 1 aliphatic heterocycles. The zero-order valence-electron chi connectivity index (χ0n) is 11.8. The summed E-state index contributed by atoms with van der Waals surface area (Å²) >= 11 is 0. The van der Waals surface area contributed by atoms with E-state index in [1.165, 1.54) is 0 Å². The maximum Gasteiger partial charge on any atom is 0.242 e. The molecule has 1 aromatic carbocycles. The van der Waals surface area contributed by atoms with E-state index in [1.807, 2.05) is 35.2 Å². The number of halogens is 1. The predicted molar refractivity (Wildman–Crippen MR) is 83.5 cm³/mol. The van der Waals surface area contributed by atoms with Crippen LogP contribution in [0.1, 0.15) is 12.8 Å². The third-order valence-electron chi connectivity index (χ3n) is 3.82. The quantitative estimate of drug-likeness (QED) is 0.913. The first-order valence-electron chi connectivity index (χ1n) is 7.10. The van der Waals surface area contributed by atoms with Crippen LogP contribution in [0.3, 0.4) is 0 Å². The van der Waals surface area contributed by atoms with E-state index in [2.05, 4.69) is 5.32 Å². The number of hydrogen-bond donors (Lipinski definition) is 1. The normalized spacial score (nSPS) is 18.2. The number of nitrogens with one attached hydrogen (secondary N) is 1. The average Bonchev–Trinajstić information content (AvgIpc) is 3.30. The average molecular weight is 310 g/mol. The molecule has 1 aliphatic carbocycles. The highest BCUT2D eigenvalue weighted by Gasteiger charge is 2.36. The molecule has 1 saturated heterocycles. The molecule has 0 atom stereocenters. The number of piperazine rings is 1. The number of rotatable bonds is 4. The third-order valence-corrected chi connectivity index (χ3v) is 3.82. The van der Waals surface area contributed by atoms with E-state index in [9.17, 15) is 9.59 Å². The van der Waals surface area contributed by atoms with Crippen LogP contribution in [-0.4, -0.2) is 53.8 Å². The topological polar surface area (TPSA) is 52.7 Å². The van der Waals surface area contributed by atoms with Crippen molar-refractivity contribution < 1.29 is 9.59 Å². The lowest BCUT2D eigenvalue weighted by Gasteiger charge is -2.34. The molecule has 1 N–H and O–H groups in total. The minimum Gasteiger partial charge on any atom is -0.376 e. The van der Waals surface area contributed by atoms with E-state index < -0.39 is 0 Å². The Labute approximate surface area is 130 Å². The molecule has 1 aromatic rings. The van der Waals surface area contributed by atoms with Crippen LogP contribution in [0.4, 0.5) is 5.69 Å². The van der Waals surface area contributed by atoms with Gasteiger partial charge in [-0.15, -0.1) is 12.4 Å². The Hall–Kier alpha value is -1.75. The number of hydrogen-bond acceptors (Lipinski definition) is 3. The summed E-state index contributed by atoms with van der Waals surface area (Å²) < 4.78 is 0. The molecule has 1 saturated carbocycles. The van der Waals surface area contributed by atoms with Crippen LogP contribution in [0.2, 0.25) is 0 Å². The van der Waals surface area contributed by atoms with Gasteiger partial charge in [-0.25, -0.2) is 0 Å². The molecule has 6 heteroatoms.